The molecule has 0 aliphatic carbocycles. The molecule has 0 aliphatic heterocycles. The predicted octanol–water partition coefficient (Wildman–Crippen LogP) is 4.91. The van der Waals surface area contributed by atoms with E-state index in [2.05, 4.69) is 53.2 Å². The Hall–Kier alpha value is -1.54. The van der Waals surface area contributed by atoms with Crippen LogP contribution in [-0.2, 0) is 0 Å². The van der Waals surface area contributed by atoms with Gasteiger partial charge in [-0.2, -0.15) is 0 Å². The summed E-state index contributed by atoms with van der Waals surface area (Å²) in [5.74, 6) is 0.878. The van der Waals surface area contributed by atoms with Gasteiger partial charge in [0.25, 0.3) is 0 Å². The fourth-order valence-electron chi connectivity index (χ4n) is 1.93. The summed E-state index contributed by atoms with van der Waals surface area (Å²) in [4.78, 5) is 0. The summed E-state index contributed by atoms with van der Waals surface area (Å²) in [6.07, 6.45) is 2.13. The molecule has 0 unspecified atom stereocenters. The second kappa shape index (κ2) is 5.87. The molecule has 0 N–H and O–H groups in total. The molecule has 2 heteroatoms. The molecule has 0 heterocycles. The second-order valence-corrected chi connectivity index (χ2v) is 4.86. The van der Waals surface area contributed by atoms with Crippen molar-refractivity contribution in [2.75, 3.05) is 7.11 Å². The predicted molar refractivity (Wildman–Crippen MR) is 79.9 cm³/mol. The topological polar surface area (TPSA) is 9.23 Å². The van der Waals surface area contributed by atoms with Crippen molar-refractivity contribution in [2.24, 2.45) is 0 Å². The molecule has 0 aliphatic rings. The summed E-state index contributed by atoms with van der Waals surface area (Å²) in [5.41, 5.74) is 3.62. The largest absolute Gasteiger partial charge is 0.497 e. The first-order valence-corrected chi connectivity index (χ1v) is 6.60. The smallest absolute Gasteiger partial charge is 0.118 e. The van der Waals surface area contributed by atoms with Crippen molar-refractivity contribution in [1.82, 2.24) is 0 Å². The van der Waals surface area contributed by atoms with E-state index < -0.39 is 0 Å². The van der Waals surface area contributed by atoms with Gasteiger partial charge >= 0.3 is 0 Å². The summed E-state index contributed by atoms with van der Waals surface area (Å²) in [6, 6.07) is 16.4. The van der Waals surface area contributed by atoms with Gasteiger partial charge in [0.15, 0.2) is 0 Å². The quantitative estimate of drug-likeness (QED) is 0.783. The van der Waals surface area contributed by atoms with E-state index in [1.165, 1.54) is 16.7 Å². The lowest BCUT2D eigenvalue weighted by atomic mass is 9.98. The van der Waals surface area contributed by atoms with E-state index in [0.29, 0.717) is 0 Å². The maximum absolute atomic E-state index is 5.18. The SMILES string of the molecule is C/C=C(/c1ccc(OC)cc1)c1cccc(Br)c1. The van der Waals surface area contributed by atoms with E-state index in [4.69, 9.17) is 4.74 Å². The Morgan fingerprint density at radius 2 is 1.78 bits per heavy atom. The van der Waals surface area contributed by atoms with Crippen LogP contribution in [0.15, 0.2) is 59.1 Å². The van der Waals surface area contributed by atoms with Crippen LogP contribution in [0.25, 0.3) is 5.57 Å². The van der Waals surface area contributed by atoms with Gasteiger partial charge in [-0.1, -0.05) is 46.3 Å². The molecular formula is C16H15BrO. The third kappa shape index (κ3) is 2.82. The van der Waals surface area contributed by atoms with Crippen LogP contribution in [0.3, 0.4) is 0 Å². The minimum atomic E-state index is 0.878. The Balaban J connectivity index is 2.39. The third-order valence-electron chi connectivity index (χ3n) is 2.83. The minimum Gasteiger partial charge on any atom is -0.497 e. The molecule has 0 radical (unpaired) electrons. The molecule has 0 atom stereocenters. The van der Waals surface area contributed by atoms with E-state index in [1.54, 1.807) is 7.11 Å². The number of benzene rings is 2. The Bertz CT molecular complexity index is 556. The molecule has 0 saturated heterocycles. The van der Waals surface area contributed by atoms with E-state index in [1.807, 2.05) is 24.3 Å². The first-order valence-electron chi connectivity index (χ1n) is 5.81. The number of halogens is 1. The van der Waals surface area contributed by atoms with Crippen LogP contribution in [-0.4, -0.2) is 7.11 Å². The van der Waals surface area contributed by atoms with Gasteiger partial charge in [-0.05, 0) is 47.9 Å². The Morgan fingerprint density at radius 3 is 2.33 bits per heavy atom. The molecule has 0 amide bonds. The summed E-state index contributed by atoms with van der Waals surface area (Å²) in [7, 11) is 1.68. The maximum Gasteiger partial charge on any atom is 0.118 e. The highest BCUT2D eigenvalue weighted by molar-refractivity contribution is 9.10. The van der Waals surface area contributed by atoms with Crippen molar-refractivity contribution in [1.29, 1.82) is 0 Å². The van der Waals surface area contributed by atoms with Crippen molar-refractivity contribution >= 4 is 21.5 Å². The van der Waals surface area contributed by atoms with E-state index in [0.717, 1.165) is 10.2 Å². The average Bonchev–Trinajstić information content (AvgIpc) is 2.40. The van der Waals surface area contributed by atoms with Crippen molar-refractivity contribution in [3.8, 4) is 5.75 Å². The summed E-state index contributed by atoms with van der Waals surface area (Å²) >= 11 is 3.51. The van der Waals surface area contributed by atoms with Gasteiger partial charge in [-0.3, -0.25) is 0 Å². The Morgan fingerprint density at radius 1 is 1.06 bits per heavy atom. The maximum atomic E-state index is 5.18. The molecule has 0 fully saturated rings. The van der Waals surface area contributed by atoms with Crippen molar-refractivity contribution in [2.45, 2.75) is 6.92 Å². The summed E-state index contributed by atoms with van der Waals surface area (Å²) in [5, 5.41) is 0. The molecule has 0 saturated carbocycles. The Kier molecular flexibility index (Phi) is 4.21. The zero-order chi connectivity index (χ0) is 13.0. The first-order chi connectivity index (χ1) is 8.74. The number of methoxy groups -OCH3 is 1. The van der Waals surface area contributed by atoms with Gasteiger partial charge in [-0.25, -0.2) is 0 Å². The van der Waals surface area contributed by atoms with Crippen LogP contribution >= 0.6 is 15.9 Å². The molecule has 2 aromatic carbocycles. The molecule has 2 aromatic rings. The highest BCUT2D eigenvalue weighted by Gasteiger charge is 2.04. The van der Waals surface area contributed by atoms with Gasteiger partial charge in [0.2, 0.25) is 0 Å². The molecule has 2 rings (SSSR count). The van der Waals surface area contributed by atoms with Gasteiger partial charge < -0.3 is 4.74 Å². The van der Waals surface area contributed by atoms with Crippen molar-refractivity contribution < 1.29 is 4.74 Å². The van der Waals surface area contributed by atoms with Crippen LogP contribution < -0.4 is 4.74 Å². The number of ether oxygens (including phenoxy) is 1. The zero-order valence-electron chi connectivity index (χ0n) is 10.5. The van der Waals surface area contributed by atoms with E-state index >= 15 is 0 Å². The van der Waals surface area contributed by atoms with Gasteiger partial charge in [0.1, 0.15) is 5.75 Å². The third-order valence-corrected chi connectivity index (χ3v) is 3.32. The van der Waals surface area contributed by atoms with Gasteiger partial charge in [-0.15, -0.1) is 0 Å². The lowest BCUT2D eigenvalue weighted by molar-refractivity contribution is 0.415. The lowest BCUT2D eigenvalue weighted by Gasteiger charge is -2.09. The molecular weight excluding hydrogens is 288 g/mol. The molecule has 0 aromatic heterocycles. The Labute approximate surface area is 116 Å². The fraction of sp³-hybridized carbons (Fsp3) is 0.125. The van der Waals surface area contributed by atoms with Crippen LogP contribution in [0.1, 0.15) is 18.1 Å². The monoisotopic (exact) mass is 302 g/mol. The highest BCUT2D eigenvalue weighted by atomic mass is 79.9. The van der Waals surface area contributed by atoms with Crippen LogP contribution in [0, 0.1) is 0 Å². The van der Waals surface area contributed by atoms with Gasteiger partial charge in [0, 0.05) is 4.47 Å². The van der Waals surface area contributed by atoms with Crippen LogP contribution in [0.5, 0.6) is 5.75 Å². The molecule has 0 spiro atoms. The van der Waals surface area contributed by atoms with Crippen molar-refractivity contribution in [3.63, 3.8) is 0 Å². The van der Waals surface area contributed by atoms with E-state index in [9.17, 15) is 0 Å². The molecule has 18 heavy (non-hydrogen) atoms. The zero-order valence-corrected chi connectivity index (χ0v) is 12.1. The number of hydrogen-bond acceptors (Lipinski definition) is 1. The average molecular weight is 303 g/mol. The van der Waals surface area contributed by atoms with Crippen LogP contribution in [0.2, 0.25) is 0 Å². The van der Waals surface area contributed by atoms with Crippen molar-refractivity contribution in [3.05, 3.63) is 70.2 Å². The summed E-state index contributed by atoms with van der Waals surface area (Å²) in [6.45, 7) is 2.06. The summed E-state index contributed by atoms with van der Waals surface area (Å²) < 4.78 is 6.27. The molecule has 0 bridgehead atoms. The number of hydrogen-bond donors (Lipinski definition) is 0. The molecule has 1 nitrogen and oxygen atoms in total. The fourth-order valence-corrected chi connectivity index (χ4v) is 2.33. The van der Waals surface area contributed by atoms with Crippen LogP contribution in [0.4, 0.5) is 0 Å². The number of rotatable bonds is 3. The highest BCUT2D eigenvalue weighted by Crippen LogP contribution is 2.26. The molecule has 92 valence electrons. The normalized spacial score (nSPS) is 11.4. The van der Waals surface area contributed by atoms with E-state index in [-0.39, 0.29) is 0 Å². The minimum absolute atomic E-state index is 0.878. The standard InChI is InChI=1S/C16H15BrO/c1-3-16(13-5-4-6-14(17)11-13)12-7-9-15(18-2)10-8-12/h3-11H,1-2H3/b16-3-. The second-order valence-electron chi connectivity index (χ2n) is 3.94. The first kappa shape index (κ1) is 12.9. The number of allylic oxidation sites excluding steroid dienone is 1. The lowest BCUT2D eigenvalue weighted by Crippen LogP contribution is -1.89. The van der Waals surface area contributed by atoms with Gasteiger partial charge in [0.05, 0.1) is 7.11 Å².